The molecule has 1 aromatic carbocycles. The highest BCUT2D eigenvalue weighted by Crippen LogP contribution is 2.07. The minimum Gasteiger partial charge on any atom is -0.484 e. The second-order valence-corrected chi connectivity index (χ2v) is 3.50. The van der Waals surface area contributed by atoms with Gasteiger partial charge in [-0.25, -0.2) is 5.48 Å². The summed E-state index contributed by atoms with van der Waals surface area (Å²) in [6.45, 7) is 0.00367. The lowest BCUT2D eigenvalue weighted by Gasteiger charge is -2.09. The summed E-state index contributed by atoms with van der Waals surface area (Å²) in [5.74, 6) is -0.104. The predicted molar refractivity (Wildman–Crippen MR) is 58.0 cm³/mol. The van der Waals surface area contributed by atoms with Crippen molar-refractivity contribution >= 4 is 11.8 Å². The van der Waals surface area contributed by atoms with E-state index in [1.165, 1.54) is 0 Å². The van der Waals surface area contributed by atoms with Crippen LogP contribution in [-0.2, 0) is 14.4 Å². The highest BCUT2D eigenvalue weighted by atomic mass is 16.7. The van der Waals surface area contributed by atoms with Gasteiger partial charge in [-0.2, -0.15) is 0 Å². The molecule has 6 heteroatoms. The normalized spacial score (nSPS) is 18.6. The van der Waals surface area contributed by atoms with Crippen molar-refractivity contribution in [3.05, 3.63) is 30.3 Å². The molecule has 2 amide bonds. The van der Waals surface area contributed by atoms with Crippen LogP contribution in [0.1, 0.15) is 0 Å². The molecule has 0 saturated carbocycles. The number of amides is 2. The number of hydroxylamine groups is 1. The molecule has 1 aliphatic rings. The Morgan fingerprint density at radius 2 is 2.24 bits per heavy atom. The number of carbonyl (C=O) groups is 2. The highest BCUT2D eigenvalue weighted by molar-refractivity contribution is 5.88. The molecule has 1 fully saturated rings. The average Bonchev–Trinajstić information content (AvgIpc) is 2.74. The third-order valence-corrected chi connectivity index (χ3v) is 2.19. The molecule has 2 N–H and O–H groups in total. The van der Waals surface area contributed by atoms with E-state index in [0.29, 0.717) is 5.75 Å². The minimum atomic E-state index is -0.637. The SMILES string of the molecule is O=C(COc1ccccc1)N[C@@H]1CONC1=O. The van der Waals surface area contributed by atoms with E-state index in [1.54, 1.807) is 12.1 Å². The van der Waals surface area contributed by atoms with E-state index in [-0.39, 0.29) is 25.0 Å². The second kappa shape index (κ2) is 5.31. The molecule has 0 aliphatic carbocycles. The monoisotopic (exact) mass is 236 g/mol. The van der Waals surface area contributed by atoms with Gasteiger partial charge in [0.1, 0.15) is 18.4 Å². The molecule has 0 radical (unpaired) electrons. The molecule has 0 spiro atoms. The molecule has 17 heavy (non-hydrogen) atoms. The highest BCUT2D eigenvalue weighted by Gasteiger charge is 2.26. The van der Waals surface area contributed by atoms with E-state index in [0.717, 1.165) is 0 Å². The van der Waals surface area contributed by atoms with Crippen LogP contribution in [0.2, 0.25) is 0 Å². The number of ether oxygens (including phenoxy) is 1. The molecule has 2 rings (SSSR count). The first kappa shape index (κ1) is 11.4. The zero-order chi connectivity index (χ0) is 12.1. The van der Waals surface area contributed by atoms with Crippen molar-refractivity contribution < 1.29 is 19.2 Å². The summed E-state index contributed by atoms with van der Waals surface area (Å²) in [4.78, 5) is 27.2. The second-order valence-electron chi connectivity index (χ2n) is 3.50. The first-order chi connectivity index (χ1) is 8.25. The van der Waals surface area contributed by atoms with Crippen molar-refractivity contribution in [2.24, 2.45) is 0 Å². The van der Waals surface area contributed by atoms with Crippen LogP contribution in [0.15, 0.2) is 30.3 Å². The third kappa shape index (κ3) is 3.18. The van der Waals surface area contributed by atoms with Crippen LogP contribution in [0.4, 0.5) is 0 Å². The van der Waals surface area contributed by atoms with Gasteiger partial charge in [-0.1, -0.05) is 18.2 Å². The van der Waals surface area contributed by atoms with Crippen molar-refractivity contribution in [3.63, 3.8) is 0 Å². The lowest BCUT2D eigenvalue weighted by atomic mass is 10.3. The van der Waals surface area contributed by atoms with E-state index in [2.05, 4.69) is 15.6 Å². The number of hydrogen-bond donors (Lipinski definition) is 2. The molecule has 90 valence electrons. The van der Waals surface area contributed by atoms with Gasteiger partial charge in [0.15, 0.2) is 6.61 Å². The number of hydrogen-bond acceptors (Lipinski definition) is 4. The fraction of sp³-hybridized carbons (Fsp3) is 0.273. The zero-order valence-electron chi connectivity index (χ0n) is 9.01. The van der Waals surface area contributed by atoms with Gasteiger partial charge in [0, 0.05) is 0 Å². The van der Waals surface area contributed by atoms with Crippen molar-refractivity contribution in [3.8, 4) is 5.75 Å². The van der Waals surface area contributed by atoms with Gasteiger partial charge in [0.2, 0.25) is 0 Å². The lowest BCUT2D eigenvalue weighted by Crippen LogP contribution is -2.43. The summed E-state index contributed by atoms with van der Waals surface area (Å²) in [6, 6.07) is 8.34. The molecule has 1 saturated heterocycles. The van der Waals surface area contributed by atoms with Crippen LogP contribution < -0.4 is 15.5 Å². The van der Waals surface area contributed by atoms with Crippen LogP contribution in [0, 0.1) is 0 Å². The van der Waals surface area contributed by atoms with E-state index in [9.17, 15) is 9.59 Å². The predicted octanol–water partition coefficient (Wildman–Crippen LogP) is -0.388. The van der Waals surface area contributed by atoms with Gasteiger partial charge >= 0.3 is 0 Å². The molecular formula is C11H12N2O4. The van der Waals surface area contributed by atoms with Crippen LogP contribution in [0.3, 0.4) is 0 Å². The number of benzene rings is 1. The van der Waals surface area contributed by atoms with Crippen molar-refractivity contribution in [1.82, 2.24) is 10.8 Å². The summed E-state index contributed by atoms with van der Waals surface area (Å²) in [5, 5.41) is 2.50. The van der Waals surface area contributed by atoms with E-state index in [1.807, 2.05) is 18.2 Å². The molecule has 1 aromatic rings. The summed E-state index contributed by atoms with van der Waals surface area (Å²) in [6.07, 6.45) is 0. The Hall–Kier alpha value is -2.08. The van der Waals surface area contributed by atoms with Crippen molar-refractivity contribution in [1.29, 1.82) is 0 Å². The van der Waals surface area contributed by atoms with Gasteiger partial charge in [-0.05, 0) is 12.1 Å². The fourth-order valence-corrected chi connectivity index (χ4v) is 1.35. The Balaban J connectivity index is 1.76. The van der Waals surface area contributed by atoms with E-state index >= 15 is 0 Å². The Morgan fingerprint density at radius 1 is 1.47 bits per heavy atom. The van der Waals surface area contributed by atoms with Crippen LogP contribution in [0.5, 0.6) is 5.75 Å². The Bertz CT molecular complexity index is 407. The standard InChI is InChI=1S/C11H12N2O4/c14-10(12-9-6-17-13-11(9)15)7-16-8-4-2-1-3-5-8/h1-5,9H,6-7H2,(H,12,14)(H,13,15)/t9-/m1/s1. The van der Waals surface area contributed by atoms with E-state index in [4.69, 9.17) is 4.74 Å². The smallest absolute Gasteiger partial charge is 0.268 e. The molecule has 1 atom stereocenters. The summed E-state index contributed by atoms with van der Waals surface area (Å²) < 4.78 is 5.23. The number of para-hydroxylation sites is 1. The number of carbonyl (C=O) groups excluding carboxylic acids is 2. The number of rotatable bonds is 4. The molecular weight excluding hydrogens is 224 g/mol. The van der Waals surface area contributed by atoms with Gasteiger partial charge in [-0.15, -0.1) is 0 Å². The van der Waals surface area contributed by atoms with Gasteiger partial charge in [0.25, 0.3) is 11.8 Å². The summed E-state index contributed by atoms with van der Waals surface area (Å²) >= 11 is 0. The Morgan fingerprint density at radius 3 is 2.88 bits per heavy atom. The molecule has 0 bridgehead atoms. The fourth-order valence-electron chi connectivity index (χ4n) is 1.35. The first-order valence-electron chi connectivity index (χ1n) is 5.14. The Kier molecular flexibility index (Phi) is 3.56. The van der Waals surface area contributed by atoms with Crippen LogP contribution >= 0.6 is 0 Å². The molecule has 1 heterocycles. The summed E-state index contributed by atoms with van der Waals surface area (Å²) in [5.41, 5.74) is 2.15. The van der Waals surface area contributed by atoms with E-state index < -0.39 is 6.04 Å². The maximum absolute atomic E-state index is 11.4. The quantitative estimate of drug-likeness (QED) is 0.746. The molecule has 6 nitrogen and oxygen atoms in total. The maximum Gasteiger partial charge on any atom is 0.268 e. The molecule has 1 aliphatic heterocycles. The average molecular weight is 236 g/mol. The largest absolute Gasteiger partial charge is 0.484 e. The minimum absolute atomic E-state index is 0.131. The van der Waals surface area contributed by atoms with Gasteiger partial charge < -0.3 is 10.1 Å². The van der Waals surface area contributed by atoms with Crippen molar-refractivity contribution in [2.75, 3.05) is 13.2 Å². The van der Waals surface area contributed by atoms with Crippen LogP contribution in [-0.4, -0.2) is 31.1 Å². The van der Waals surface area contributed by atoms with Gasteiger partial charge in [-0.3, -0.25) is 14.4 Å². The Labute approximate surface area is 97.9 Å². The third-order valence-electron chi connectivity index (χ3n) is 2.19. The zero-order valence-corrected chi connectivity index (χ0v) is 9.01. The lowest BCUT2D eigenvalue weighted by molar-refractivity contribution is -0.129. The molecule has 0 unspecified atom stereocenters. The number of nitrogens with one attached hydrogen (secondary N) is 2. The summed E-state index contributed by atoms with van der Waals surface area (Å²) in [7, 11) is 0. The van der Waals surface area contributed by atoms with Crippen LogP contribution in [0.25, 0.3) is 0 Å². The van der Waals surface area contributed by atoms with Crippen molar-refractivity contribution in [2.45, 2.75) is 6.04 Å². The topological polar surface area (TPSA) is 76.7 Å². The maximum atomic E-state index is 11.4. The first-order valence-corrected chi connectivity index (χ1v) is 5.14. The molecule has 0 aromatic heterocycles. The van der Waals surface area contributed by atoms with Gasteiger partial charge in [0.05, 0.1) is 0 Å².